The van der Waals surface area contributed by atoms with Crippen LogP contribution in [0.15, 0.2) is 143 Å². The summed E-state index contributed by atoms with van der Waals surface area (Å²) in [6.07, 6.45) is 4.27. The molecule has 0 atom stereocenters. The summed E-state index contributed by atoms with van der Waals surface area (Å²) >= 11 is 0. The minimum atomic E-state index is -0.833. The molecule has 0 aromatic heterocycles. The minimum absolute atomic E-state index is 0. The van der Waals surface area contributed by atoms with Gasteiger partial charge in [-0.1, -0.05) is 230 Å². The van der Waals surface area contributed by atoms with Gasteiger partial charge < -0.3 is 37.0 Å². The Labute approximate surface area is 559 Å². The van der Waals surface area contributed by atoms with Gasteiger partial charge in [0, 0.05) is 127 Å². The van der Waals surface area contributed by atoms with Crippen molar-refractivity contribution < 1.29 is 78.9 Å². The molecule has 0 aliphatic carbocycles. The Morgan fingerprint density at radius 3 is 0.843 bits per heavy atom. The molecule has 0 saturated heterocycles. The predicted molar refractivity (Wildman–Crippen MR) is 369 cm³/mol. The number of nitrogens with two attached hydrogens (primary N) is 2. The average Bonchev–Trinajstić information content (AvgIpc) is 1.15. The first-order valence-corrected chi connectivity index (χ1v) is 28.4. The molecule has 0 aliphatic heterocycles. The summed E-state index contributed by atoms with van der Waals surface area (Å²) in [5, 5.41) is 47.6. The van der Waals surface area contributed by atoms with Crippen molar-refractivity contribution in [3.05, 3.63) is 184 Å². The third-order valence-electron chi connectivity index (χ3n) is 13.6. The fourth-order valence-electron chi connectivity index (χ4n) is 8.66. The Hall–Kier alpha value is -7.26. The fourth-order valence-corrected chi connectivity index (χ4v) is 8.66. The van der Waals surface area contributed by atoms with Gasteiger partial charge in [0.2, 0.25) is 0 Å². The number of rotatable bonds is 7. The Morgan fingerprint density at radius 2 is 0.607 bits per heavy atom. The van der Waals surface area contributed by atoms with Crippen LogP contribution in [0.25, 0.3) is 22.3 Å². The molecule has 0 saturated carbocycles. The number of aliphatic imine (C=N–C) groups is 2. The molecule has 7 rings (SSSR count). The molecule has 0 aliphatic rings. The Morgan fingerprint density at radius 1 is 0.382 bits per heavy atom. The summed E-state index contributed by atoms with van der Waals surface area (Å²) in [5.74, 6) is -1.03. The molecule has 474 valence electrons. The number of carboxylic acids is 2. The summed E-state index contributed by atoms with van der Waals surface area (Å²) in [5.41, 5.74) is 25.6. The van der Waals surface area contributed by atoms with Gasteiger partial charge >= 0.3 is 0 Å². The largest absolute Gasteiger partial charge is 0.507 e. The predicted octanol–water partition coefficient (Wildman–Crippen LogP) is 19.2. The van der Waals surface area contributed by atoms with Crippen LogP contribution >= 0.6 is 0 Å². The van der Waals surface area contributed by atoms with Crippen LogP contribution in [0.4, 0.5) is 22.7 Å². The number of aldehydes is 1. The molecule has 0 amide bonds. The Kier molecular flexibility index (Phi) is 32.6. The van der Waals surface area contributed by atoms with Gasteiger partial charge in [0.15, 0.2) is 6.29 Å². The summed E-state index contributed by atoms with van der Waals surface area (Å²) < 4.78 is 0. The molecular weight excluding hydrogens is 1220 g/mol. The van der Waals surface area contributed by atoms with E-state index in [0.717, 1.165) is 98.5 Å². The Bertz CT molecular complexity index is 3310. The molecule has 0 spiro atoms. The second-order valence-electron chi connectivity index (χ2n) is 27.3. The van der Waals surface area contributed by atoms with E-state index in [1.807, 2.05) is 136 Å². The van der Waals surface area contributed by atoms with Crippen LogP contribution in [0.3, 0.4) is 0 Å². The van der Waals surface area contributed by atoms with Crippen molar-refractivity contribution in [2.75, 3.05) is 11.5 Å². The molecule has 0 heterocycles. The molecular formula is C75H102N4O8Zn2. The first-order valence-electron chi connectivity index (χ1n) is 28.4. The van der Waals surface area contributed by atoms with E-state index < -0.39 is 11.9 Å². The monoisotopic (exact) mass is 1310 g/mol. The van der Waals surface area contributed by atoms with Crippen LogP contribution in [0.5, 0.6) is 17.2 Å². The summed E-state index contributed by atoms with van der Waals surface area (Å²) in [6.45, 7) is 40.3. The van der Waals surface area contributed by atoms with Crippen LogP contribution in [0.2, 0.25) is 0 Å². The molecule has 7 aromatic carbocycles. The van der Waals surface area contributed by atoms with Gasteiger partial charge in [-0.3, -0.25) is 24.4 Å². The van der Waals surface area contributed by atoms with Crippen LogP contribution in [-0.2, 0) is 81.0 Å². The van der Waals surface area contributed by atoms with Gasteiger partial charge in [-0.2, -0.15) is 0 Å². The molecule has 0 radical (unpaired) electrons. The van der Waals surface area contributed by atoms with E-state index in [1.54, 1.807) is 18.5 Å². The standard InChI is InChI=1S/C42H52N2O2.C15H22O2.C12H12N2.2C2H4O2.2CH4.2Zn/c1-39(2,3)29-21-27(37(45)33(23-29)41(7,8)9)25-43-35-19-15-13-17-31(35)32-18-14-16-20-36(32)44-26-28-22-30(40(4,5)6)24-34(38(28)46)42(10,11)12;1-14(2,3)11-7-10(9-16)13(17)12(8-11)15(4,5)6;13-11-7-3-1-5-9(11)10-6-2-4-8-12(10)14;2*1-2(3)4;;;;/h13-26,45-46H,1-12H3;7-9,17H,1-6H3;1-8H,13-14H2;2*1H3,(H,3,4);2*1H4;;. The van der Waals surface area contributed by atoms with Crippen LogP contribution in [-0.4, -0.2) is 56.2 Å². The maximum Gasteiger partial charge on any atom is 0.300 e. The van der Waals surface area contributed by atoms with E-state index in [1.165, 1.54) is 0 Å². The number of para-hydroxylation sites is 4. The van der Waals surface area contributed by atoms with Crippen molar-refractivity contribution in [1.82, 2.24) is 0 Å². The normalized spacial score (nSPS) is 11.4. The summed E-state index contributed by atoms with van der Waals surface area (Å²) in [4.78, 5) is 38.9. The van der Waals surface area contributed by atoms with E-state index in [2.05, 4.69) is 116 Å². The molecule has 12 nitrogen and oxygen atoms in total. The SMILES string of the molecule is C.C.CC(=O)O.CC(=O)O.CC(C)(C)c1cc(C=Nc2ccccc2-c2ccccc2N=Cc2cc(C(C)(C)C)cc(C(C)(C)C)c2O)c(O)c(C(C)(C)C)c1.CC(C)(C)c1cc(C=O)c(O)c(C(C)(C)C)c1.Nc1ccccc1-c1ccccc1N.[Zn].[Zn]. The number of nitrogen functional groups attached to an aromatic ring is 2. The van der Waals surface area contributed by atoms with Crippen molar-refractivity contribution in [1.29, 1.82) is 0 Å². The van der Waals surface area contributed by atoms with Crippen LogP contribution in [0, 0.1) is 0 Å². The van der Waals surface area contributed by atoms with E-state index >= 15 is 0 Å². The fraction of sp³-hybridized carbons (Fsp3) is 0.373. The zero-order valence-electron chi connectivity index (χ0n) is 55.4. The van der Waals surface area contributed by atoms with Crippen LogP contribution < -0.4 is 11.5 Å². The number of hydrogen-bond donors (Lipinski definition) is 7. The number of carbonyl (C=O) groups is 3. The van der Waals surface area contributed by atoms with Crippen molar-refractivity contribution in [3.8, 4) is 39.5 Å². The summed E-state index contributed by atoms with van der Waals surface area (Å²) in [6, 6.07) is 43.5. The summed E-state index contributed by atoms with van der Waals surface area (Å²) in [7, 11) is 0. The number of hydrogen-bond acceptors (Lipinski definition) is 10. The number of nitrogens with zero attached hydrogens (tertiary/aromatic N) is 2. The number of benzene rings is 7. The van der Waals surface area contributed by atoms with Crippen molar-refractivity contribution in [2.45, 2.75) is 186 Å². The van der Waals surface area contributed by atoms with E-state index in [4.69, 9.17) is 41.3 Å². The van der Waals surface area contributed by atoms with Gasteiger partial charge in [0.1, 0.15) is 17.2 Å². The number of aromatic hydroxyl groups is 3. The van der Waals surface area contributed by atoms with E-state index in [-0.39, 0.29) is 104 Å². The van der Waals surface area contributed by atoms with E-state index in [9.17, 15) is 20.1 Å². The number of carbonyl (C=O) groups excluding carboxylic acids is 1. The number of phenolic OH excluding ortho intramolecular Hbond substituents is 3. The molecule has 0 bridgehead atoms. The maximum atomic E-state index is 11.3. The van der Waals surface area contributed by atoms with E-state index in [0.29, 0.717) is 16.7 Å². The minimum Gasteiger partial charge on any atom is -0.507 e. The maximum absolute atomic E-state index is 11.3. The van der Waals surface area contributed by atoms with Crippen molar-refractivity contribution in [2.24, 2.45) is 9.98 Å². The zero-order valence-corrected chi connectivity index (χ0v) is 61.3. The number of anilines is 2. The van der Waals surface area contributed by atoms with Gasteiger partial charge in [-0.25, -0.2) is 0 Å². The third kappa shape index (κ3) is 25.3. The molecule has 0 unspecified atom stereocenters. The molecule has 0 fully saturated rings. The topological polar surface area (TPSA) is 229 Å². The zero-order chi connectivity index (χ0) is 64.8. The smallest absolute Gasteiger partial charge is 0.300 e. The molecule has 89 heavy (non-hydrogen) atoms. The number of phenols is 3. The molecule has 7 aromatic rings. The number of aliphatic carboxylic acids is 2. The first-order chi connectivity index (χ1) is 39.0. The second-order valence-corrected chi connectivity index (χ2v) is 27.3. The molecule has 9 N–H and O–H groups in total. The van der Waals surface area contributed by atoms with Crippen molar-refractivity contribution >= 4 is 53.4 Å². The van der Waals surface area contributed by atoms with Gasteiger partial charge in [0.25, 0.3) is 11.9 Å². The third-order valence-corrected chi connectivity index (χ3v) is 13.6. The van der Waals surface area contributed by atoms with Crippen molar-refractivity contribution in [3.63, 3.8) is 0 Å². The van der Waals surface area contributed by atoms with Gasteiger partial charge in [-0.15, -0.1) is 0 Å². The average molecular weight is 1320 g/mol. The number of carboxylic acid groups (broad SMARTS) is 2. The quantitative estimate of drug-likeness (QED) is 0.0345. The van der Waals surface area contributed by atoms with Gasteiger partial charge in [-0.05, 0) is 91.6 Å². The first kappa shape index (κ1) is 83.8. The van der Waals surface area contributed by atoms with Crippen LogP contribution in [0.1, 0.15) is 208 Å². The Balaban J connectivity index is 0. The molecule has 14 heteroatoms. The second kappa shape index (κ2) is 34.6. The van der Waals surface area contributed by atoms with Gasteiger partial charge in [0.05, 0.1) is 16.9 Å².